The summed E-state index contributed by atoms with van der Waals surface area (Å²) in [5, 5.41) is 7.84. The van der Waals surface area contributed by atoms with Gasteiger partial charge in [0.2, 0.25) is 0 Å². The van der Waals surface area contributed by atoms with Gasteiger partial charge >= 0.3 is 0 Å². The van der Waals surface area contributed by atoms with Crippen LogP contribution in [0.1, 0.15) is 13.3 Å². The van der Waals surface area contributed by atoms with Crippen LogP contribution in [-0.2, 0) is 0 Å². The Balaban J connectivity index is 2.05. The number of rotatable bonds is 4. The number of hydrogen-bond acceptors (Lipinski definition) is 4. The van der Waals surface area contributed by atoms with Crippen LogP contribution in [0.15, 0.2) is 42.9 Å². The van der Waals surface area contributed by atoms with E-state index in [0.717, 1.165) is 35.7 Å². The van der Waals surface area contributed by atoms with Gasteiger partial charge in [0.1, 0.15) is 5.82 Å². The summed E-state index contributed by atoms with van der Waals surface area (Å²) < 4.78 is 1.84. The zero-order valence-corrected chi connectivity index (χ0v) is 10.7. The van der Waals surface area contributed by atoms with Gasteiger partial charge in [-0.25, -0.2) is 9.50 Å². The number of anilines is 1. The first kappa shape index (κ1) is 11.6. The van der Waals surface area contributed by atoms with Crippen molar-refractivity contribution >= 4 is 11.5 Å². The monoisotopic (exact) mass is 253 g/mol. The molecule has 0 aliphatic carbocycles. The van der Waals surface area contributed by atoms with Crippen LogP contribution < -0.4 is 5.32 Å². The molecule has 0 saturated carbocycles. The van der Waals surface area contributed by atoms with Crippen molar-refractivity contribution in [2.24, 2.45) is 0 Å². The highest BCUT2D eigenvalue weighted by molar-refractivity contribution is 5.62. The molecule has 19 heavy (non-hydrogen) atoms. The Hall–Kier alpha value is -2.43. The molecular weight excluding hydrogens is 238 g/mol. The molecule has 5 heteroatoms. The maximum Gasteiger partial charge on any atom is 0.154 e. The predicted octanol–water partition coefficient (Wildman–Crippen LogP) is 2.61. The predicted molar refractivity (Wildman–Crippen MR) is 75.0 cm³/mol. The maximum absolute atomic E-state index is 4.56. The third kappa shape index (κ3) is 2.27. The van der Waals surface area contributed by atoms with E-state index in [1.54, 1.807) is 6.20 Å². The molecule has 1 N–H and O–H groups in total. The van der Waals surface area contributed by atoms with Crippen LogP contribution in [0.4, 0.5) is 5.82 Å². The summed E-state index contributed by atoms with van der Waals surface area (Å²) in [4.78, 5) is 8.50. The molecule has 96 valence electrons. The summed E-state index contributed by atoms with van der Waals surface area (Å²) in [6, 6.07) is 7.83. The summed E-state index contributed by atoms with van der Waals surface area (Å²) in [5.41, 5.74) is 2.79. The molecule has 0 bridgehead atoms. The molecule has 0 unspecified atom stereocenters. The molecule has 3 aromatic heterocycles. The van der Waals surface area contributed by atoms with Crippen LogP contribution in [0.2, 0.25) is 0 Å². The zero-order valence-electron chi connectivity index (χ0n) is 10.7. The SMILES string of the molecule is CCCNc1ccc2ncc(-c3cccnc3)n2n1. The second kappa shape index (κ2) is 5.06. The van der Waals surface area contributed by atoms with E-state index < -0.39 is 0 Å². The van der Waals surface area contributed by atoms with E-state index in [1.165, 1.54) is 0 Å². The van der Waals surface area contributed by atoms with Crippen molar-refractivity contribution in [1.82, 2.24) is 19.6 Å². The minimum absolute atomic E-state index is 0.834. The largest absolute Gasteiger partial charge is 0.369 e. The first-order chi connectivity index (χ1) is 9.38. The minimum atomic E-state index is 0.834. The number of pyridine rings is 1. The summed E-state index contributed by atoms with van der Waals surface area (Å²) >= 11 is 0. The van der Waals surface area contributed by atoms with Gasteiger partial charge in [-0.2, -0.15) is 0 Å². The molecule has 0 fully saturated rings. The highest BCUT2D eigenvalue weighted by Crippen LogP contribution is 2.19. The topological polar surface area (TPSA) is 55.1 Å². The smallest absolute Gasteiger partial charge is 0.154 e. The quantitative estimate of drug-likeness (QED) is 0.776. The van der Waals surface area contributed by atoms with E-state index in [4.69, 9.17) is 0 Å². The summed E-state index contributed by atoms with van der Waals surface area (Å²) in [6.45, 7) is 3.04. The third-order valence-electron chi connectivity index (χ3n) is 2.88. The van der Waals surface area contributed by atoms with Crippen molar-refractivity contribution in [2.45, 2.75) is 13.3 Å². The van der Waals surface area contributed by atoms with E-state index >= 15 is 0 Å². The maximum atomic E-state index is 4.56. The van der Waals surface area contributed by atoms with E-state index in [1.807, 2.05) is 41.2 Å². The fraction of sp³-hybridized carbons (Fsp3) is 0.214. The molecule has 0 spiro atoms. The lowest BCUT2D eigenvalue weighted by molar-refractivity contribution is 0.909. The lowest BCUT2D eigenvalue weighted by Gasteiger charge is -2.05. The first-order valence-electron chi connectivity index (χ1n) is 6.37. The molecule has 0 saturated heterocycles. The molecule has 0 aliphatic heterocycles. The van der Waals surface area contributed by atoms with Crippen molar-refractivity contribution in [2.75, 3.05) is 11.9 Å². The normalized spacial score (nSPS) is 10.8. The summed E-state index contributed by atoms with van der Waals surface area (Å²) in [5.74, 6) is 0.859. The van der Waals surface area contributed by atoms with Crippen molar-refractivity contribution in [3.63, 3.8) is 0 Å². The number of aromatic nitrogens is 4. The number of imidazole rings is 1. The van der Waals surface area contributed by atoms with Crippen LogP contribution >= 0.6 is 0 Å². The van der Waals surface area contributed by atoms with Gasteiger partial charge < -0.3 is 5.32 Å². The van der Waals surface area contributed by atoms with Crippen molar-refractivity contribution in [3.8, 4) is 11.3 Å². The Labute approximate surface area is 111 Å². The fourth-order valence-electron chi connectivity index (χ4n) is 1.93. The van der Waals surface area contributed by atoms with Gasteiger partial charge in [-0.05, 0) is 30.7 Å². The van der Waals surface area contributed by atoms with Crippen LogP contribution in [-0.4, -0.2) is 26.1 Å². The molecule has 0 amide bonds. The van der Waals surface area contributed by atoms with Crippen LogP contribution in [0.25, 0.3) is 16.9 Å². The third-order valence-corrected chi connectivity index (χ3v) is 2.88. The van der Waals surface area contributed by atoms with Gasteiger partial charge in [-0.3, -0.25) is 4.98 Å². The Morgan fingerprint density at radius 2 is 2.16 bits per heavy atom. The molecule has 0 aromatic carbocycles. The van der Waals surface area contributed by atoms with Crippen LogP contribution in [0.5, 0.6) is 0 Å². The number of nitrogens with zero attached hydrogens (tertiary/aromatic N) is 4. The van der Waals surface area contributed by atoms with E-state index in [-0.39, 0.29) is 0 Å². The van der Waals surface area contributed by atoms with E-state index in [2.05, 4.69) is 27.3 Å². The average Bonchev–Trinajstić information content (AvgIpc) is 2.89. The summed E-state index contributed by atoms with van der Waals surface area (Å²) in [6.07, 6.45) is 6.47. The van der Waals surface area contributed by atoms with Gasteiger partial charge in [0.15, 0.2) is 5.65 Å². The molecular formula is C14H15N5. The van der Waals surface area contributed by atoms with Gasteiger partial charge in [0.25, 0.3) is 0 Å². The van der Waals surface area contributed by atoms with Crippen LogP contribution in [0.3, 0.4) is 0 Å². The lowest BCUT2D eigenvalue weighted by Crippen LogP contribution is -2.05. The molecule has 0 aliphatic rings. The minimum Gasteiger partial charge on any atom is -0.369 e. The molecule has 0 radical (unpaired) electrons. The van der Waals surface area contributed by atoms with E-state index in [0.29, 0.717) is 0 Å². The molecule has 0 atom stereocenters. The highest BCUT2D eigenvalue weighted by Gasteiger charge is 2.07. The van der Waals surface area contributed by atoms with Crippen molar-refractivity contribution in [1.29, 1.82) is 0 Å². The van der Waals surface area contributed by atoms with Gasteiger partial charge in [-0.1, -0.05) is 6.92 Å². The van der Waals surface area contributed by atoms with Gasteiger partial charge in [0, 0.05) is 24.5 Å². The Morgan fingerprint density at radius 1 is 1.21 bits per heavy atom. The average molecular weight is 253 g/mol. The summed E-state index contributed by atoms with van der Waals surface area (Å²) in [7, 11) is 0. The Kier molecular flexibility index (Phi) is 3.10. The molecule has 5 nitrogen and oxygen atoms in total. The lowest BCUT2D eigenvalue weighted by atomic mass is 10.2. The van der Waals surface area contributed by atoms with Crippen molar-refractivity contribution in [3.05, 3.63) is 42.9 Å². The van der Waals surface area contributed by atoms with Crippen LogP contribution in [0, 0.1) is 0 Å². The van der Waals surface area contributed by atoms with Gasteiger partial charge in [-0.15, -0.1) is 5.10 Å². The van der Waals surface area contributed by atoms with E-state index in [9.17, 15) is 0 Å². The Morgan fingerprint density at radius 3 is 2.95 bits per heavy atom. The molecule has 3 aromatic rings. The Bertz CT molecular complexity index is 675. The second-order valence-corrected chi connectivity index (χ2v) is 4.30. The number of fused-ring (bicyclic) bond motifs is 1. The molecule has 3 rings (SSSR count). The highest BCUT2D eigenvalue weighted by atomic mass is 15.3. The zero-order chi connectivity index (χ0) is 13.1. The number of nitrogens with one attached hydrogen (secondary N) is 1. The fourth-order valence-corrected chi connectivity index (χ4v) is 1.93. The van der Waals surface area contributed by atoms with Gasteiger partial charge in [0.05, 0.1) is 11.9 Å². The molecule has 3 heterocycles. The van der Waals surface area contributed by atoms with Crippen molar-refractivity contribution < 1.29 is 0 Å². The number of hydrogen-bond donors (Lipinski definition) is 1. The standard InChI is InChI=1S/C14H15N5/c1-2-7-16-13-5-6-14-17-10-12(19(14)18-13)11-4-3-8-15-9-11/h3-6,8-10H,2,7H2,1H3,(H,16,18). The second-order valence-electron chi connectivity index (χ2n) is 4.30. The first-order valence-corrected chi connectivity index (χ1v) is 6.37.